The Kier molecular flexibility index (Phi) is 15.8. The van der Waals surface area contributed by atoms with Gasteiger partial charge in [-0.1, -0.05) is 91.0 Å². The highest BCUT2D eigenvalue weighted by atomic mass is 16.7. The quantitative estimate of drug-likeness (QED) is 0.0575. The van der Waals surface area contributed by atoms with Crippen LogP contribution in [0.3, 0.4) is 0 Å². The van der Waals surface area contributed by atoms with Gasteiger partial charge in [0, 0.05) is 32.7 Å². The summed E-state index contributed by atoms with van der Waals surface area (Å²) < 4.78 is 18.1. The maximum atomic E-state index is 15.1. The van der Waals surface area contributed by atoms with Crippen LogP contribution in [0.25, 0.3) is 10.8 Å². The molecule has 0 saturated heterocycles. The molecule has 11 nitrogen and oxygen atoms in total. The first-order valence-corrected chi connectivity index (χ1v) is 18.9. The Morgan fingerprint density at radius 1 is 0.836 bits per heavy atom. The molecule has 0 aliphatic heterocycles. The normalized spacial score (nSPS) is 12.7. The lowest BCUT2D eigenvalue weighted by atomic mass is 10.0. The van der Waals surface area contributed by atoms with E-state index < -0.39 is 30.3 Å². The van der Waals surface area contributed by atoms with Crippen LogP contribution in [-0.2, 0) is 38.6 Å². The summed E-state index contributed by atoms with van der Waals surface area (Å²) in [4.78, 5) is 43.6. The van der Waals surface area contributed by atoms with Crippen molar-refractivity contribution in [3.05, 3.63) is 126 Å². The number of amides is 4. The Bertz CT molecular complexity index is 1830. The minimum absolute atomic E-state index is 0.148. The number of ether oxygens (including phenoxy) is 3. The SMILES string of the molecule is C=CCN(CC(=O)N[C@@H](Cc1ccc(OC(C)(C)C)cc1)C(=O)N(Cc1cccc2ccccc12)[C@@H](C)C(OCC)OCC)N(Cc1ccccc1)C(N)=O. The fourth-order valence-corrected chi connectivity index (χ4v) is 6.40. The molecular weight excluding hydrogens is 695 g/mol. The maximum Gasteiger partial charge on any atom is 0.329 e. The van der Waals surface area contributed by atoms with E-state index in [4.69, 9.17) is 19.9 Å². The number of primary amides is 1. The summed E-state index contributed by atoms with van der Waals surface area (Å²) in [5.74, 6) is -0.105. The second-order valence-electron chi connectivity index (χ2n) is 14.3. The number of benzene rings is 4. The topological polar surface area (TPSA) is 127 Å². The predicted molar refractivity (Wildman–Crippen MR) is 217 cm³/mol. The molecule has 0 radical (unpaired) electrons. The highest BCUT2D eigenvalue weighted by molar-refractivity contribution is 5.90. The van der Waals surface area contributed by atoms with Crippen LogP contribution in [0.4, 0.5) is 4.79 Å². The maximum absolute atomic E-state index is 15.1. The molecule has 4 aromatic rings. The van der Waals surface area contributed by atoms with Crippen LogP contribution in [0.2, 0.25) is 0 Å². The van der Waals surface area contributed by atoms with Crippen molar-refractivity contribution in [1.29, 1.82) is 0 Å². The minimum atomic E-state index is -1.01. The van der Waals surface area contributed by atoms with E-state index in [0.29, 0.717) is 19.0 Å². The van der Waals surface area contributed by atoms with E-state index in [-0.39, 0.29) is 44.1 Å². The molecule has 11 heteroatoms. The summed E-state index contributed by atoms with van der Waals surface area (Å²) in [5.41, 5.74) is 8.04. The van der Waals surface area contributed by atoms with Gasteiger partial charge in [-0.05, 0) is 81.1 Å². The number of hydrogen-bond donors (Lipinski definition) is 2. The summed E-state index contributed by atoms with van der Waals surface area (Å²) in [5, 5.41) is 7.92. The van der Waals surface area contributed by atoms with Gasteiger partial charge < -0.3 is 30.2 Å². The number of hydrazine groups is 1. The lowest BCUT2D eigenvalue weighted by molar-refractivity contribution is -0.179. The van der Waals surface area contributed by atoms with Crippen molar-refractivity contribution in [1.82, 2.24) is 20.2 Å². The second kappa shape index (κ2) is 20.5. The zero-order chi connectivity index (χ0) is 40.0. The number of carbonyl (C=O) groups excluding carboxylic acids is 3. The van der Waals surface area contributed by atoms with Gasteiger partial charge in [-0.25, -0.2) is 9.80 Å². The molecule has 0 unspecified atom stereocenters. The number of nitrogens with two attached hydrogens (primary N) is 1. The third-order valence-electron chi connectivity index (χ3n) is 8.91. The number of nitrogens with zero attached hydrogens (tertiary/aromatic N) is 3. The molecule has 2 atom stereocenters. The van der Waals surface area contributed by atoms with Crippen molar-refractivity contribution >= 4 is 28.6 Å². The van der Waals surface area contributed by atoms with Gasteiger partial charge in [0.25, 0.3) is 0 Å². The third kappa shape index (κ3) is 12.7. The summed E-state index contributed by atoms with van der Waals surface area (Å²) in [7, 11) is 0. The molecule has 0 saturated carbocycles. The van der Waals surface area contributed by atoms with Crippen LogP contribution < -0.4 is 15.8 Å². The fourth-order valence-electron chi connectivity index (χ4n) is 6.40. The molecule has 4 amide bonds. The Morgan fingerprint density at radius 3 is 2.09 bits per heavy atom. The molecule has 0 aromatic heterocycles. The lowest BCUT2D eigenvalue weighted by Crippen LogP contribution is -2.57. The molecule has 0 spiro atoms. The first kappa shape index (κ1) is 42.5. The van der Waals surface area contributed by atoms with E-state index in [9.17, 15) is 9.59 Å². The number of hydrogen-bond acceptors (Lipinski definition) is 7. The van der Waals surface area contributed by atoms with Crippen molar-refractivity contribution in [3.8, 4) is 5.75 Å². The van der Waals surface area contributed by atoms with Crippen molar-refractivity contribution in [3.63, 3.8) is 0 Å². The second-order valence-corrected chi connectivity index (χ2v) is 14.3. The molecular formula is C44H57N5O6. The van der Waals surface area contributed by atoms with Crippen molar-refractivity contribution in [2.24, 2.45) is 5.73 Å². The summed E-state index contributed by atoms with van der Waals surface area (Å²) in [6.45, 7) is 16.5. The summed E-state index contributed by atoms with van der Waals surface area (Å²) in [6, 6.07) is 28.6. The molecule has 4 aromatic carbocycles. The van der Waals surface area contributed by atoms with Gasteiger partial charge in [0.05, 0.1) is 19.1 Å². The van der Waals surface area contributed by atoms with E-state index in [1.54, 1.807) is 11.0 Å². The van der Waals surface area contributed by atoms with E-state index in [1.165, 1.54) is 10.0 Å². The van der Waals surface area contributed by atoms with Crippen LogP contribution in [0.5, 0.6) is 5.75 Å². The van der Waals surface area contributed by atoms with Gasteiger partial charge >= 0.3 is 6.03 Å². The van der Waals surface area contributed by atoms with Gasteiger partial charge in [-0.3, -0.25) is 14.6 Å². The van der Waals surface area contributed by atoms with Crippen LogP contribution in [0.15, 0.2) is 110 Å². The number of urea groups is 1. The van der Waals surface area contributed by atoms with Gasteiger partial charge in [0.15, 0.2) is 6.29 Å². The van der Waals surface area contributed by atoms with E-state index in [2.05, 4.69) is 11.9 Å². The Morgan fingerprint density at radius 2 is 1.47 bits per heavy atom. The molecule has 0 aliphatic carbocycles. The van der Waals surface area contributed by atoms with Crippen LogP contribution in [0, 0.1) is 0 Å². The zero-order valence-corrected chi connectivity index (χ0v) is 33.1. The first-order chi connectivity index (χ1) is 26.3. The number of carbonyl (C=O) groups is 3. The predicted octanol–water partition coefficient (Wildman–Crippen LogP) is 6.84. The highest BCUT2D eigenvalue weighted by Crippen LogP contribution is 2.25. The van der Waals surface area contributed by atoms with Gasteiger partial charge in [-0.2, -0.15) is 0 Å². The molecule has 294 valence electrons. The monoisotopic (exact) mass is 751 g/mol. The van der Waals surface area contributed by atoms with E-state index >= 15 is 4.79 Å². The standard InChI is InChI=1S/C44H57N5O6/c1-8-27-47(49(43(45)52)29-34-17-12-11-13-18-34)31-40(50)46-39(28-33-23-25-37(26-24-33)55-44(5,6)7)41(51)48(32(4)42(53-9-2)54-10-3)30-36-21-16-20-35-19-14-15-22-38(35)36/h8,11-26,32,39,42H,1,9-10,27-31H2,2-7H3,(H2,45,52)(H,46,50)/t32-,39-/m0/s1. The average molecular weight is 752 g/mol. The molecule has 0 bridgehead atoms. The smallest absolute Gasteiger partial charge is 0.329 e. The fraction of sp³-hybridized carbons (Fsp3) is 0.386. The average Bonchev–Trinajstić information content (AvgIpc) is 3.15. The van der Waals surface area contributed by atoms with Crippen LogP contribution in [0.1, 0.15) is 58.2 Å². The zero-order valence-electron chi connectivity index (χ0n) is 33.1. The van der Waals surface area contributed by atoms with Gasteiger partial charge in [0.2, 0.25) is 11.8 Å². The Balaban J connectivity index is 1.72. The largest absolute Gasteiger partial charge is 0.488 e. The molecule has 4 rings (SSSR count). The molecule has 0 heterocycles. The van der Waals surface area contributed by atoms with Gasteiger partial charge in [-0.15, -0.1) is 6.58 Å². The molecule has 0 aliphatic rings. The number of rotatable bonds is 20. The summed E-state index contributed by atoms with van der Waals surface area (Å²) in [6.07, 6.45) is 1.05. The number of fused-ring (bicyclic) bond motifs is 1. The Hall–Kier alpha value is -5.23. The van der Waals surface area contributed by atoms with Crippen molar-refractivity contribution in [2.75, 3.05) is 26.3 Å². The highest BCUT2D eigenvalue weighted by Gasteiger charge is 2.35. The van der Waals surface area contributed by atoms with E-state index in [0.717, 1.165) is 27.5 Å². The molecule has 55 heavy (non-hydrogen) atoms. The van der Waals surface area contributed by atoms with Crippen LogP contribution in [-0.4, -0.2) is 83.0 Å². The molecule has 0 fully saturated rings. The third-order valence-corrected chi connectivity index (χ3v) is 8.91. The van der Waals surface area contributed by atoms with Crippen molar-refractivity contribution < 1.29 is 28.6 Å². The number of nitrogens with one attached hydrogen (secondary N) is 1. The first-order valence-electron chi connectivity index (χ1n) is 18.9. The summed E-state index contributed by atoms with van der Waals surface area (Å²) >= 11 is 0. The Labute approximate surface area is 326 Å². The van der Waals surface area contributed by atoms with Gasteiger partial charge in [0.1, 0.15) is 17.4 Å². The lowest BCUT2D eigenvalue weighted by Gasteiger charge is -2.37. The van der Waals surface area contributed by atoms with Crippen molar-refractivity contribution in [2.45, 2.75) is 85.0 Å². The molecule has 3 N–H and O–H groups in total. The van der Waals surface area contributed by atoms with Crippen LogP contribution >= 0.6 is 0 Å². The van der Waals surface area contributed by atoms with E-state index in [1.807, 2.05) is 139 Å². The minimum Gasteiger partial charge on any atom is -0.488 e.